The summed E-state index contributed by atoms with van der Waals surface area (Å²) in [6.45, 7) is 0. The minimum Gasteiger partial charge on any atom is -0.0876 e. The first kappa shape index (κ1) is 26.5. The van der Waals surface area contributed by atoms with Crippen LogP contribution in [0.4, 0.5) is 0 Å². The summed E-state index contributed by atoms with van der Waals surface area (Å²) in [5.74, 6) is 0. The van der Waals surface area contributed by atoms with Crippen LogP contribution in [-0.2, 0) is 10.7 Å². The number of hydrogen-bond donors (Lipinski definition) is 0. The van der Waals surface area contributed by atoms with Crippen LogP contribution in [0.3, 0.4) is 0 Å². The topological polar surface area (TPSA) is 0 Å². The zero-order valence-corrected chi connectivity index (χ0v) is 25.2. The van der Waals surface area contributed by atoms with Gasteiger partial charge in [0.05, 0.1) is 0 Å². The van der Waals surface area contributed by atoms with Crippen LogP contribution in [0.5, 0.6) is 0 Å². The number of rotatable bonds is 7. The highest BCUT2D eigenvalue weighted by Gasteiger charge is 2.20. The maximum Gasteiger partial charge on any atom is 0.0295 e. The lowest BCUT2D eigenvalue weighted by Gasteiger charge is -2.22. The molecule has 0 nitrogen and oxygen atoms in total. The van der Waals surface area contributed by atoms with Crippen LogP contribution in [-0.4, -0.2) is 0 Å². The van der Waals surface area contributed by atoms with Gasteiger partial charge in [0, 0.05) is 10.7 Å². The van der Waals surface area contributed by atoms with Gasteiger partial charge in [0.25, 0.3) is 0 Å². The van der Waals surface area contributed by atoms with Gasteiger partial charge in [-0.15, -0.1) is 0 Å². The largest absolute Gasteiger partial charge is 0.0876 e. The van der Waals surface area contributed by atoms with Gasteiger partial charge in [-0.3, -0.25) is 0 Å². The van der Waals surface area contributed by atoms with Crippen LogP contribution < -0.4 is 0 Å². The average molecular weight is 644 g/mol. The third-order valence-corrected chi connectivity index (χ3v) is 8.56. The second kappa shape index (κ2) is 12.2. The molecule has 0 aliphatic carbocycles. The lowest BCUT2D eigenvalue weighted by atomic mass is 9.84. The van der Waals surface area contributed by atoms with Gasteiger partial charge in [-0.1, -0.05) is 153 Å². The van der Waals surface area contributed by atoms with E-state index >= 15 is 0 Å². The fraction of sp³-hybridized carbons (Fsp3) is 0.0526. The quantitative estimate of drug-likeness (QED) is 0.152. The van der Waals surface area contributed by atoms with E-state index < -0.39 is 0 Å². The molecule has 0 unspecified atom stereocenters. The van der Waals surface area contributed by atoms with Crippen molar-refractivity contribution < 1.29 is 0 Å². The Balaban J connectivity index is 1.71. The van der Waals surface area contributed by atoms with Gasteiger partial charge < -0.3 is 0 Å². The third-order valence-electron chi connectivity index (χ3n) is 7.44. The summed E-state index contributed by atoms with van der Waals surface area (Å²) in [6, 6.07) is 52.3. The molecule has 194 valence electrons. The zero-order valence-electron chi connectivity index (χ0n) is 22.0. The Bertz CT molecular complexity index is 1590. The van der Waals surface area contributed by atoms with Crippen LogP contribution in [0.15, 0.2) is 146 Å². The van der Waals surface area contributed by atoms with Crippen molar-refractivity contribution in [3.63, 3.8) is 0 Å². The van der Waals surface area contributed by atoms with Gasteiger partial charge >= 0.3 is 0 Å². The van der Waals surface area contributed by atoms with Crippen LogP contribution in [0.1, 0.15) is 11.1 Å². The van der Waals surface area contributed by atoms with Crippen molar-refractivity contribution in [2.75, 3.05) is 0 Å². The van der Waals surface area contributed by atoms with E-state index in [9.17, 15) is 0 Å². The van der Waals surface area contributed by atoms with Gasteiger partial charge in [-0.2, -0.15) is 0 Å². The van der Waals surface area contributed by atoms with Gasteiger partial charge in [-0.25, -0.2) is 0 Å². The highest BCUT2D eigenvalue weighted by Crippen LogP contribution is 2.44. The zero-order chi connectivity index (χ0) is 27.3. The lowest BCUT2D eigenvalue weighted by molar-refractivity contribution is 1.37. The van der Waals surface area contributed by atoms with Crippen molar-refractivity contribution in [2.24, 2.45) is 0 Å². The van der Waals surface area contributed by atoms with E-state index in [0.29, 0.717) is 0 Å². The van der Waals surface area contributed by atoms with Gasteiger partial charge in [0.15, 0.2) is 0 Å². The molecule has 0 atom stereocenters. The second-order valence-corrected chi connectivity index (χ2v) is 11.0. The molecule has 0 bridgehead atoms. The highest BCUT2D eigenvalue weighted by molar-refractivity contribution is 9.08. The molecule has 0 radical (unpaired) electrons. The molecule has 0 aliphatic heterocycles. The Morgan fingerprint density at radius 3 is 0.875 bits per heavy atom. The highest BCUT2D eigenvalue weighted by atomic mass is 79.9. The first-order valence-electron chi connectivity index (χ1n) is 13.4. The molecular weight excluding hydrogens is 616 g/mol. The Labute approximate surface area is 253 Å². The molecule has 0 amide bonds. The molecule has 0 fully saturated rings. The molecule has 40 heavy (non-hydrogen) atoms. The number of halogens is 2. The predicted molar refractivity (Wildman–Crippen MR) is 179 cm³/mol. The molecule has 0 saturated heterocycles. The summed E-state index contributed by atoms with van der Waals surface area (Å²) in [7, 11) is 0. The summed E-state index contributed by atoms with van der Waals surface area (Å²) >= 11 is 7.79. The summed E-state index contributed by atoms with van der Waals surface area (Å²) < 4.78 is 0. The molecule has 6 aromatic carbocycles. The average Bonchev–Trinajstić information content (AvgIpc) is 3.05. The van der Waals surface area contributed by atoms with Gasteiger partial charge in [0.1, 0.15) is 0 Å². The Morgan fingerprint density at radius 2 is 0.575 bits per heavy atom. The normalized spacial score (nSPS) is 10.9. The maximum atomic E-state index is 3.90. The van der Waals surface area contributed by atoms with E-state index in [1.54, 1.807) is 0 Å². The van der Waals surface area contributed by atoms with Crippen molar-refractivity contribution in [1.29, 1.82) is 0 Å². The molecule has 0 aliphatic rings. The SMILES string of the molecule is BrCc1c(-c2ccccc2)cc(-c2ccccc2)cc1-c1cc(-c2ccccc2)cc(-c2ccccc2)c1CBr. The molecule has 0 aromatic heterocycles. The standard InChI is InChI=1S/C38H28Br2/c39-25-37-33(29-17-9-3-10-18-29)21-31(27-13-5-1-6-14-27)23-35(37)36-24-32(28-15-7-2-8-16-28)22-34(38(36)26-40)30-19-11-4-12-20-30/h1-24H,25-26H2. The molecular formula is C38H28Br2. The summed E-state index contributed by atoms with van der Waals surface area (Å²) in [5, 5.41) is 1.50. The van der Waals surface area contributed by atoms with Crippen LogP contribution >= 0.6 is 31.9 Å². The number of alkyl halides is 2. The van der Waals surface area contributed by atoms with Crippen molar-refractivity contribution in [2.45, 2.75) is 10.7 Å². The van der Waals surface area contributed by atoms with Crippen molar-refractivity contribution in [3.05, 3.63) is 157 Å². The molecule has 0 heterocycles. The number of benzene rings is 6. The molecule has 6 aromatic rings. The predicted octanol–water partition coefficient (Wildman–Crippen LogP) is 11.8. The van der Waals surface area contributed by atoms with Crippen molar-refractivity contribution in [3.8, 4) is 55.6 Å². The molecule has 0 spiro atoms. The lowest BCUT2D eigenvalue weighted by Crippen LogP contribution is -1.99. The van der Waals surface area contributed by atoms with E-state index in [-0.39, 0.29) is 0 Å². The Hall–Kier alpha value is -3.72. The van der Waals surface area contributed by atoms with Crippen LogP contribution in [0.2, 0.25) is 0 Å². The summed E-state index contributed by atoms with van der Waals surface area (Å²) in [4.78, 5) is 0. The smallest absolute Gasteiger partial charge is 0.0295 e. The maximum absolute atomic E-state index is 3.90. The Morgan fingerprint density at radius 1 is 0.300 bits per heavy atom. The van der Waals surface area contributed by atoms with Crippen molar-refractivity contribution >= 4 is 31.9 Å². The molecule has 0 saturated carbocycles. The fourth-order valence-electron chi connectivity index (χ4n) is 5.46. The summed E-state index contributed by atoms with van der Waals surface area (Å²) in [5.41, 5.74) is 14.9. The minimum absolute atomic E-state index is 0.750. The molecule has 6 rings (SSSR count). The van der Waals surface area contributed by atoms with Crippen molar-refractivity contribution in [1.82, 2.24) is 0 Å². The minimum atomic E-state index is 0.750. The molecule has 2 heteroatoms. The van der Waals surface area contributed by atoms with E-state index in [2.05, 4.69) is 177 Å². The molecule has 0 N–H and O–H groups in total. The first-order chi connectivity index (χ1) is 19.8. The van der Waals surface area contributed by atoms with E-state index in [1.807, 2.05) is 0 Å². The second-order valence-electron chi connectivity index (χ2n) is 9.83. The van der Waals surface area contributed by atoms with E-state index in [1.165, 1.54) is 66.8 Å². The van der Waals surface area contributed by atoms with Crippen LogP contribution in [0, 0.1) is 0 Å². The van der Waals surface area contributed by atoms with Gasteiger partial charge in [-0.05, 0) is 91.0 Å². The van der Waals surface area contributed by atoms with Gasteiger partial charge in [0.2, 0.25) is 0 Å². The summed E-state index contributed by atoms with van der Waals surface area (Å²) in [6.07, 6.45) is 0. The fourth-order valence-corrected chi connectivity index (χ4v) is 6.67. The third kappa shape index (κ3) is 5.35. The van der Waals surface area contributed by atoms with E-state index in [4.69, 9.17) is 0 Å². The number of hydrogen-bond acceptors (Lipinski definition) is 0. The van der Waals surface area contributed by atoms with E-state index in [0.717, 1.165) is 10.7 Å². The monoisotopic (exact) mass is 642 g/mol. The first-order valence-corrected chi connectivity index (χ1v) is 15.7. The van der Waals surface area contributed by atoms with Crippen LogP contribution in [0.25, 0.3) is 55.6 Å². The Kier molecular flexibility index (Phi) is 8.09.